The summed E-state index contributed by atoms with van der Waals surface area (Å²) in [6.45, 7) is 1.75. The Labute approximate surface area is 178 Å². The Morgan fingerprint density at radius 3 is 2.48 bits per heavy atom. The van der Waals surface area contributed by atoms with Crippen molar-refractivity contribution in [2.75, 3.05) is 13.1 Å². The number of benzene rings is 2. The lowest BCUT2D eigenvalue weighted by atomic mass is 9.99. The third kappa shape index (κ3) is 4.27. The number of amides is 2. The number of nitrogens with zero attached hydrogens (tertiary/aromatic N) is 2. The largest absolute Gasteiger partial charge is 0.352 e. The molecule has 2 heterocycles. The molecule has 1 aromatic heterocycles. The van der Waals surface area contributed by atoms with Gasteiger partial charge >= 0.3 is 0 Å². The maximum atomic E-state index is 13.0. The molecule has 148 valence electrons. The molecular formula is C23H22BrN3O2. The molecule has 0 fully saturated rings. The van der Waals surface area contributed by atoms with Gasteiger partial charge in [-0.3, -0.25) is 9.59 Å². The van der Waals surface area contributed by atoms with Gasteiger partial charge in [0.05, 0.1) is 6.04 Å². The van der Waals surface area contributed by atoms with Gasteiger partial charge < -0.3 is 14.8 Å². The first kappa shape index (κ1) is 19.5. The molecule has 1 aliphatic heterocycles. The van der Waals surface area contributed by atoms with E-state index < -0.39 is 0 Å². The van der Waals surface area contributed by atoms with Gasteiger partial charge in [0.25, 0.3) is 5.91 Å². The molecule has 1 N–H and O–H groups in total. The average molecular weight is 452 g/mol. The van der Waals surface area contributed by atoms with Crippen LogP contribution in [0.3, 0.4) is 0 Å². The number of halogens is 1. The summed E-state index contributed by atoms with van der Waals surface area (Å²) >= 11 is 3.36. The summed E-state index contributed by atoms with van der Waals surface area (Å²) in [7, 11) is 0. The Bertz CT molecular complexity index is 998. The predicted molar refractivity (Wildman–Crippen MR) is 116 cm³/mol. The molecule has 0 radical (unpaired) electrons. The van der Waals surface area contributed by atoms with E-state index in [2.05, 4.69) is 50.2 Å². The minimum atomic E-state index is -0.169. The van der Waals surface area contributed by atoms with Gasteiger partial charge in [-0.25, -0.2) is 0 Å². The van der Waals surface area contributed by atoms with Crippen LogP contribution in [0.5, 0.6) is 0 Å². The quantitative estimate of drug-likeness (QED) is 0.637. The number of fused-ring (bicyclic) bond motifs is 1. The van der Waals surface area contributed by atoms with E-state index in [1.165, 1.54) is 0 Å². The van der Waals surface area contributed by atoms with E-state index >= 15 is 0 Å². The Balaban J connectivity index is 1.43. The Morgan fingerprint density at radius 1 is 0.966 bits per heavy atom. The molecule has 1 aliphatic rings. The number of carbonyl (C=O) groups excluding carboxylic acids is 2. The zero-order chi connectivity index (χ0) is 20.2. The van der Waals surface area contributed by atoms with Crippen molar-refractivity contribution in [3.05, 3.63) is 94.2 Å². The van der Waals surface area contributed by atoms with Gasteiger partial charge in [0.1, 0.15) is 0 Å². The van der Waals surface area contributed by atoms with Gasteiger partial charge in [0, 0.05) is 48.0 Å². The van der Waals surface area contributed by atoms with Crippen molar-refractivity contribution in [2.24, 2.45) is 0 Å². The van der Waals surface area contributed by atoms with E-state index in [0.717, 1.165) is 22.3 Å². The number of hydrogen-bond acceptors (Lipinski definition) is 2. The molecule has 29 heavy (non-hydrogen) atoms. The Morgan fingerprint density at radius 2 is 1.72 bits per heavy atom. The van der Waals surface area contributed by atoms with Gasteiger partial charge in [-0.05, 0) is 42.0 Å². The second-order valence-electron chi connectivity index (χ2n) is 7.04. The lowest BCUT2D eigenvalue weighted by molar-refractivity contribution is -0.133. The fourth-order valence-corrected chi connectivity index (χ4v) is 4.03. The molecule has 1 unspecified atom stereocenters. The van der Waals surface area contributed by atoms with Crippen molar-refractivity contribution < 1.29 is 9.59 Å². The van der Waals surface area contributed by atoms with E-state index in [-0.39, 0.29) is 24.3 Å². The van der Waals surface area contributed by atoms with Crippen molar-refractivity contribution in [2.45, 2.75) is 19.0 Å². The molecule has 0 aliphatic carbocycles. The summed E-state index contributed by atoms with van der Waals surface area (Å²) < 4.78 is 3.13. The molecule has 6 heteroatoms. The summed E-state index contributed by atoms with van der Waals surface area (Å²) in [6, 6.07) is 21.3. The predicted octanol–water partition coefficient (Wildman–Crippen LogP) is 4.00. The van der Waals surface area contributed by atoms with Crippen LogP contribution in [0, 0.1) is 0 Å². The van der Waals surface area contributed by atoms with Crippen molar-refractivity contribution in [3.8, 4) is 0 Å². The molecule has 3 aromatic rings. The third-order valence-electron chi connectivity index (χ3n) is 5.20. The van der Waals surface area contributed by atoms with Crippen LogP contribution < -0.4 is 5.32 Å². The zero-order valence-corrected chi connectivity index (χ0v) is 17.5. The molecule has 4 rings (SSSR count). The highest BCUT2D eigenvalue weighted by molar-refractivity contribution is 9.10. The minimum Gasteiger partial charge on any atom is -0.352 e. The highest BCUT2D eigenvalue weighted by Gasteiger charge is 2.31. The maximum absolute atomic E-state index is 13.0. The zero-order valence-electron chi connectivity index (χ0n) is 15.9. The number of aromatic nitrogens is 1. The van der Waals surface area contributed by atoms with E-state index in [1.54, 1.807) is 12.1 Å². The summed E-state index contributed by atoms with van der Waals surface area (Å²) in [5, 5.41) is 2.85. The van der Waals surface area contributed by atoms with E-state index in [1.807, 2.05) is 41.3 Å². The normalized spacial score (nSPS) is 15.6. The van der Waals surface area contributed by atoms with Crippen molar-refractivity contribution in [1.29, 1.82) is 0 Å². The Hall–Kier alpha value is -2.86. The maximum Gasteiger partial charge on any atom is 0.251 e. The van der Waals surface area contributed by atoms with E-state index in [9.17, 15) is 9.59 Å². The lowest BCUT2D eigenvalue weighted by Gasteiger charge is -2.37. The van der Waals surface area contributed by atoms with Crippen LogP contribution in [0.15, 0.2) is 77.4 Å². The third-order valence-corrected chi connectivity index (χ3v) is 5.73. The molecule has 5 nitrogen and oxygen atoms in total. The van der Waals surface area contributed by atoms with Crippen LogP contribution in [0.4, 0.5) is 0 Å². The number of carbonyl (C=O) groups is 2. The van der Waals surface area contributed by atoms with Crippen LogP contribution in [0.25, 0.3) is 0 Å². The van der Waals surface area contributed by atoms with Gasteiger partial charge in [0.15, 0.2) is 0 Å². The van der Waals surface area contributed by atoms with Crippen LogP contribution >= 0.6 is 15.9 Å². The molecule has 0 bridgehead atoms. The summed E-state index contributed by atoms with van der Waals surface area (Å²) in [5.41, 5.74) is 2.80. The number of rotatable bonds is 5. The minimum absolute atomic E-state index is 0.0439. The SMILES string of the molecule is O=C(NCCC(=O)N1CCn2cccc2C1c1ccccc1)c1ccc(Br)cc1. The molecule has 2 amide bonds. The van der Waals surface area contributed by atoms with Crippen molar-refractivity contribution in [1.82, 2.24) is 14.8 Å². The smallest absolute Gasteiger partial charge is 0.251 e. The number of nitrogens with one attached hydrogen (secondary N) is 1. The summed E-state index contributed by atoms with van der Waals surface area (Å²) in [4.78, 5) is 27.2. The standard InChI is InChI=1S/C23H22BrN3O2/c24-19-10-8-18(9-11-19)23(29)25-13-12-21(28)27-16-15-26-14-4-7-20(26)22(27)17-5-2-1-3-6-17/h1-11,14,22H,12-13,15-16H2,(H,25,29). The van der Waals surface area contributed by atoms with Crippen LogP contribution in [-0.4, -0.2) is 34.4 Å². The fraction of sp³-hybridized carbons (Fsp3) is 0.217. The molecule has 2 aromatic carbocycles. The van der Waals surface area contributed by atoms with Gasteiger partial charge in [-0.1, -0.05) is 46.3 Å². The van der Waals surface area contributed by atoms with Gasteiger partial charge in [0.2, 0.25) is 5.91 Å². The number of hydrogen-bond donors (Lipinski definition) is 1. The molecule has 0 spiro atoms. The van der Waals surface area contributed by atoms with Crippen LogP contribution in [0.1, 0.15) is 34.1 Å². The molecule has 0 saturated carbocycles. The second kappa shape index (κ2) is 8.66. The monoisotopic (exact) mass is 451 g/mol. The van der Waals surface area contributed by atoms with Crippen LogP contribution in [0.2, 0.25) is 0 Å². The van der Waals surface area contributed by atoms with Gasteiger partial charge in [-0.15, -0.1) is 0 Å². The van der Waals surface area contributed by atoms with Crippen molar-refractivity contribution in [3.63, 3.8) is 0 Å². The van der Waals surface area contributed by atoms with E-state index in [4.69, 9.17) is 0 Å². The molecular weight excluding hydrogens is 430 g/mol. The van der Waals surface area contributed by atoms with Crippen LogP contribution in [-0.2, 0) is 11.3 Å². The highest BCUT2D eigenvalue weighted by Crippen LogP contribution is 2.32. The highest BCUT2D eigenvalue weighted by atomic mass is 79.9. The lowest BCUT2D eigenvalue weighted by Crippen LogP contribution is -2.43. The fourth-order valence-electron chi connectivity index (χ4n) is 3.77. The summed E-state index contributed by atoms with van der Waals surface area (Å²) in [5.74, 6) is -0.125. The van der Waals surface area contributed by atoms with E-state index in [0.29, 0.717) is 18.7 Å². The second-order valence-corrected chi connectivity index (χ2v) is 7.96. The molecule has 1 atom stereocenters. The first-order valence-electron chi connectivity index (χ1n) is 9.67. The first-order valence-corrected chi connectivity index (χ1v) is 10.5. The van der Waals surface area contributed by atoms with Gasteiger partial charge in [-0.2, -0.15) is 0 Å². The van der Waals surface area contributed by atoms with Crippen molar-refractivity contribution >= 4 is 27.7 Å². The Kier molecular flexibility index (Phi) is 5.81. The summed E-state index contributed by atoms with van der Waals surface area (Å²) in [6.07, 6.45) is 2.33. The molecule has 0 saturated heterocycles. The topological polar surface area (TPSA) is 54.3 Å². The first-order chi connectivity index (χ1) is 14.1. The average Bonchev–Trinajstić information content (AvgIpc) is 3.23.